The van der Waals surface area contributed by atoms with Gasteiger partial charge in [0.05, 0.1) is 6.04 Å². The summed E-state index contributed by atoms with van der Waals surface area (Å²) >= 11 is 0. The Morgan fingerprint density at radius 1 is 1.30 bits per heavy atom. The first kappa shape index (κ1) is 15.6. The molecule has 0 radical (unpaired) electrons. The molecule has 4 nitrogen and oxygen atoms in total. The van der Waals surface area contributed by atoms with Crippen molar-refractivity contribution in [2.75, 3.05) is 5.32 Å². The fraction of sp³-hybridized carbons (Fsp3) is 0.375. The number of nitrogens with one attached hydrogen (secondary N) is 1. The van der Waals surface area contributed by atoms with E-state index in [0.717, 1.165) is 29.4 Å². The highest BCUT2D eigenvalue weighted by atomic mass is 19.4. The zero-order chi connectivity index (χ0) is 16.6. The van der Waals surface area contributed by atoms with Crippen molar-refractivity contribution >= 4 is 5.95 Å². The van der Waals surface area contributed by atoms with Crippen LogP contribution < -0.4 is 10.9 Å². The van der Waals surface area contributed by atoms with Gasteiger partial charge < -0.3 is 5.32 Å². The molecule has 2 aromatic rings. The van der Waals surface area contributed by atoms with Gasteiger partial charge in [0.1, 0.15) is 0 Å². The Hall–Kier alpha value is -2.31. The molecule has 1 N–H and O–H groups in total. The second-order valence-electron chi connectivity index (χ2n) is 5.65. The molecule has 1 unspecified atom stereocenters. The monoisotopic (exact) mass is 323 g/mol. The van der Waals surface area contributed by atoms with E-state index in [0.29, 0.717) is 6.07 Å². The summed E-state index contributed by atoms with van der Waals surface area (Å²) in [5.41, 5.74) is 0.310. The van der Waals surface area contributed by atoms with Gasteiger partial charge in [0.2, 0.25) is 5.95 Å². The Balaban J connectivity index is 1.98. The molecule has 0 saturated heterocycles. The van der Waals surface area contributed by atoms with Crippen molar-refractivity contribution in [2.24, 2.45) is 7.05 Å². The molecule has 3 rings (SSSR count). The van der Waals surface area contributed by atoms with E-state index >= 15 is 0 Å². The molecule has 23 heavy (non-hydrogen) atoms. The second kappa shape index (κ2) is 5.72. The predicted molar refractivity (Wildman–Crippen MR) is 80.2 cm³/mol. The lowest BCUT2D eigenvalue weighted by molar-refractivity contribution is -0.141. The van der Waals surface area contributed by atoms with Crippen LogP contribution >= 0.6 is 0 Å². The van der Waals surface area contributed by atoms with Gasteiger partial charge in [-0.05, 0) is 30.4 Å². The Kier molecular flexibility index (Phi) is 3.87. The first-order valence-corrected chi connectivity index (χ1v) is 7.36. The predicted octanol–water partition coefficient (Wildman–Crippen LogP) is 3.29. The van der Waals surface area contributed by atoms with E-state index in [2.05, 4.69) is 10.3 Å². The van der Waals surface area contributed by atoms with Crippen LogP contribution in [0.4, 0.5) is 19.1 Å². The molecular formula is C16H16F3N3O. The van der Waals surface area contributed by atoms with Crippen molar-refractivity contribution in [3.63, 3.8) is 0 Å². The minimum absolute atomic E-state index is 0.0634. The number of rotatable bonds is 2. The number of alkyl halides is 3. The normalized spacial score (nSPS) is 17.7. The van der Waals surface area contributed by atoms with Gasteiger partial charge >= 0.3 is 6.18 Å². The number of aryl methyl sites for hydroxylation is 1. The number of benzene rings is 1. The number of fused-ring (bicyclic) bond motifs is 1. The van der Waals surface area contributed by atoms with Crippen LogP contribution in [0.5, 0.6) is 0 Å². The topological polar surface area (TPSA) is 46.9 Å². The third-order valence-electron chi connectivity index (χ3n) is 4.10. The first-order chi connectivity index (χ1) is 10.9. The van der Waals surface area contributed by atoms with Crippen LogP contribution in [0.2, 0.25) is 0 Å². The summed E-state index contributed by atoms with van der Waals surface area (Å²) in [6, 6.07) is 8.18. The van der Waals surface area contributed by atoms with Gasteiger partial charge in [-0.25, -0.2) is 4.98 Å². The molecule has 0 spiro atoms. The summed E-state index contributed by atoms with van der Waals surface area (Å²) in [7, 11) is 1.41. The van der Waals surface area contributed by atoms with E-state index in [1.807, 2.05) is 24.3 Å². The Morgan fingerprint density at radius 3 is 2.78 bits per heavy atom. The first-order valence-electron chi connectivity index (χ1n) is 7.36. The van der Waals surface area contributed by atoms with Gasteiger partial charge in [-0.15, -0.1) is 0 Å². The van der Waals surface area contributed by atoms with Crippen LogP contribution in [0.25, 0.3) is 0 Å². The largest absolute Gasteiger partial charge is 0.433 e. The molecule has 0 saturated carbocycles. The minimum Gasteiger partial charge on any atom is -0.349 e. The van der Waals surface area contributed by atoms with Gasteiger partial charge in [-0.3, -0.25) is 9.36 Å². The summed E-state index contributed by atoms with van der Waals surface area (Å²) < 4.78 is 39.7. The molecule has 122 valence electrons. The van der Waals surface area contributed by atoms with Crippen LogP contribution in [0.1, 0.15) is 35.7 Å². The average molecular weight is 323 g/mol. The lowest BCUT2D eigenvalue weighted by Gasteiger charge is -2.27. The van der Waals surface area contributed by atoms with Crippen molar-refractivity contribution in [2.45, 2.75) is 31.5 Å². The summed E-state index contributed by atoms with van der Waals surface area (Å²) in [6.45, 7) is 0. The number of halogens is 3. The number of hydrogen-bond acceptors (Lipinski definition) is 3. The number of nitrogens with zero attached hydrogens (tertiary/aromatic N) is 2. The van der Waals surface area contributed by atoms with E-state index in [9.17, 15) is 18.0 Å². The molecule has 1 atom stereocenters. The number of anilines is 1. The van der Waals surface area contributed by atoms with E-state index in [1.165, 1.54) is 12.6 Å². The molecule has 1 aromatic heterocycles. The average Bonchev–Trinajstić information content (AvgIpc) is 2.51. The quantitative estimate of drug-likeness (QED) is 0.922. The lowest BCUT2D eigenvalue weighted by Crippen LogP contribution is -2.27. The SMILES string of the molecule is Cn1c(NC2CCCc3ccccc32)nc(C(F)(F)F)cc1=O. The van der Waals surface area contributed by atoms with E-state index in [4.69, 9.17) is 0 Å². The van der Waals surface area contributed by atoms with Crippen molar-refractivity contribution in [3.05, 3.63) is 57.5 Å². The molecule has 0 bridgehead atoms. The molecule has 0 aliphatic heterocycles. The van der Waals surface area contributed by atoms with E-state index in [-0.39, 0.29) is 12.0 Å². The maximum atomic E-state index is 12.9. The molecule has 1 heterocycles. The van der Waals surface area contributed by atoms with Crippen LogP contribution in [0, 0.1) is 0 Å². The minimum atomic E-state index is -4.64. The summed E-state index contributed by atoms with van der Waals surface area (Å²) in [4.78, 5) is 15.4. The summed E-state index contributed by atoms with van der Waals surface area (Å²) in [5, 5.41) is 3.01. The van der Waals surface area contributed by atoms with Gasteiger partial charge in [-0.2, -0.15) is 13.2 Å². The van der Waals surface area contributed by atoms with E-state index in [1.54, 1.807) is 0 Å². The smallest absolute Gasteiger partial charge is 0.349 e. The summed E-state index contributed by atoms with van der Waals surface area (Å²) in [5.74, 6) is -0.0634. The van der Waals surface area contributed by atoms with Crippen molar-refractivity contribution in [1.82, 2.24) is 9.55 Å². The second-order valence-corrected chi connectivity index (χ2v) is 5.65. The summed E-state index contributed by atoms with van der Waals surface area (Å²) in [6.07, 6.45) is -1.98. The zero-order valence-electron chi connectivity index (χ0n) is 12.5. The molecule has 7 heteroatoms. The fourth-order valence-electron chi connectivity index (χ4n) is 2.87. The highest BCUT2D eigenvalue weighted by molar-refractivity contribution is 5.39. The third kappa shape index (κ3) is 3.09. The molecular weight excluding hydrogens is 307 g/mol. The third-order valence-corrected chi connectivity index (χ3v) is 4.10. The maximum Gasteiger partial charge on any atom is 0.433 e. The lowest BCUT2D eigenvalue weighted by atomic mass is 9.88. The molecule has 1 aromatic carbocycles. The standard InChI is InChI=1S/C16H16F3N3O/c1-22-14(23)9-13(16(17,18)19)21-15(22)20-12-8-4-6-10-5-2-3-7-11(10)12/h2-3,5,7,9,12H,4,6,8H2,1H3,(H,20,21). The molecule has 1 aliphatic rings. The van der Waals surface area contributed by atoms with Gasteiger partial charge in [0.25, 0.3) is 5.56 Å². The zero-order valence-corrected chi connectivity index (χ0v) is 12.5. The molecule has 0 amide bonds. The highest BCUT2D eigenvalue weighted by Crippen LogP contribution is 2.32. The van der Waals surface area contributed by atoms with Crippen molar-refractivity contribution in [3.8, 4) is 0 Å². The number of aromatic nitrogens is 2. The van der Waals surface area contributed by atoms with Gasteiger partial charge in [-0.1, -0.05) is 24.3 Å². The molecule has 1 aliphatic carbocycles. The van der Waals surface area contributed by atoms with Crippen LogP contribution in [-0.2, 0) is 19.6 Å². The Bertz CT molecular complexity index is 783. The highest BCUT2D eigenvalue weighted by Gasteiger charge is 2.34. The van der Waals surface area contributed by atoms with Crippen LogP contribution in [0.15, 0.2) is 35.1 Å². The van der Waals surface area contributed by atoms with Crippen LogP contribution in [-0.4, -0.2) is 9.55 Å². The van der Waals surface area contributed by atoms with Crippen molar-refractivity contribution in [1.29, 1.82) is 0 Å². The van der Waals surface area contributed by atoms with E-state index < -0.39 is 17.4 Å². The Labute approximate surface area is 131 Å². The van der Waals surface area contributed by atoms with Crippen molar-refractivity contribution < 1.29 is 13.2 Å². The van der Waals surface area contributed by atoms with Gasteiger partial charge in [0, 0.05) is 13.1 Å². The molecule has 0 fully saturated rings. The fourth-order valence-corrected chi connectivity index (χ4v) is 2.87. The Morgan fingerprint density at radius 2 is 2.04 bits per heavy atom. The maximum absolute atomic E-state index is 12.9. The van der Waals surface area contributed by atoms with Crippen LogP contribution in [0.3, 0.4) is 0 Å². The van der Waals surface area contributed by atoms with Gasteiger partial charge in [0.15, 0.2) is 5.69 Å². The number of hydrogen-bond donors (Lipinski definition) is 1.